The molecule has 1 aromatic carbocycles. The number of aliphatic imine (C=N–C) groups is 1. The Balaban J connectivity index is 2.41. The lowest BCUT2D eigenvalue weighted by molar-refractivity contribution is -0.117. The van der Waals surface area contributed by atoms with Crippen LogP contribution in [-0.2, 0) is 11.3 Å². The van der Waals surface area contributed by atoms with E-state index in [2.05, 4.69) is 34.8 Å². The van der Waals surface area contributed by atoms with Gasteiger partial charge in [-0.05, 0) is 37.0 Å². The van der Waals surface area contributed by atoms with Gasteiger partial charge < -0.3 is 21.7 Å². The second-order valence-electron chi connectivity index (χ2n) is 7.56. The molecular formula is C22H37N5O2. The van der Waals surface area contributed by atoms with E-state index in [0.29, 0.717) is 12.1 Å². The Morgan fingerprint density at radius 3 is 2.31 bits per heavy atom. The van der Waals surface area contributed by atoms with Gasteiger partial charge in [-0.2, -0.15) is 0 Å². The van der Waals surface area contributed by atoms with Gasteiger partial charge >= 0.3 is 0 Å². The van der Waals surface area contributed by atoms with Crippen LogP contribution in [0.3, 0.4) is 0 Å². The Hall–Kier alpha value is -2.57. The zero-order chi connectivity index (χ0) is 21.5. The number of benzene rings is 1. The maximum atomic E-state index is 11.9. The van der Waals surface area contributed by atoms with Crippen molar-refractivity contribution < 1.29 is 9.59 Å². The van der Waals surface area contributed by atoms with E-state index in [-0.39, 0.29) is 12.5 Å². The van der Waals surface area contributed by atoms with Gasteiger partial charge in [-0.1, -0.05) is 51.7 Å². The van der Waals surface area contributed by atoms with Crippen LogP contribution < -0.4 is 21.7 Å². The van der Waals surface area contributed by atoms with E-state index in [1.807, 2.05) is 19.1 Å². The highest BCUT2D eigenvalue weighted by Crippen LogP contribution is 2.09. The maximum Gasteiger partial charge on any atom is 0.251 e. The van der Waals surface area contributed by atoms with E-state index in [1.165, 1.54) is 25.7 Å². The van der Waals surface area contributed by atoms with Crippen molar-refractivity contribution in [1.29, 1.82) is 0 Å². The van der Waals surface area contributed by atoms with Crippen LogP contribution in [0.1, 0.15) is 68.8 Å². The minimum Gasteiger partial charge on any atom is -0.368 e. The van der Waals surface area contributed by atoms with Gasteiger partial charge in [-0.3, -0.25) is 9.59 Å². The van der Waals surface area contributed by atoms with Crippen LogP contribution in [-0.4, -0.2) is 37.4 Å². The zero-order valence-corrected chi connectivity index (χ0v) is 18.1. The lowest BCUT2D eigenvalue weighted by Crippen LogP contribution is -2.37. The van der Waals surface area contributed by atoms with Crippen molar-refractivity contribution in [2.24, 2.45) is 16.6 Å². The standard InChI is InChI=1S/C22H37N5O2/c1-4-24-22(25-14-8-6-5-7-9-17(2)3)27-15-18-10-12-19(13-11-18)21(29)26-16-20(23)28/h10-13,17H,4-9,14-16H2,1-3H3,(H2,23,28)(H,26,29)(H2,24,25,27). The third kappa shape index (κ3) is 11.8. The second-order valence-corrected chi connectivity index (χ2v) is 7.56. The van der Waals surface area contributed by atoms with Gasteiger partial charge in [0.15, 0.2) is 5.96 Å². The number of hydrogen-bond donors (Lipinski definition) is 4. The lowest BCUT2D eigenvalue weighted by Gasteiger charge is -2.11. The molecule has 0 aromatic heterocycles. The molecule has 0 saturated heterocycles. The summed E-state index contributed by atoms with van der Waals surface area (Å²) in [6.45, 7) is 8.65. The topological polar surface area (TPSA) is 109 Å². The molecular weight excluding hydrogens is 366 g/mol. The molecule has 29 heavy (non-hydrogen) atoms. The molecule has 162 valence electrons. The molecule has 1 rings (SSSR count). The Morgan fingerprint density at radius 1 is 1.00 bits per heavy atom. The molecule has 0 spiro atoms. The molecule has 0 aliphatic carbocycles. The van der Waals surface area contributed by atoms with E-state index in [9.17, 15) is 9.59 Å². The predicted molar refractivity (Wildman–Crippen MR) is 119 cm³/mol. The van der Waals surface area contributed by atoms with Gasteiger partial charge in [0.1, 0.15) is 0 Å². The highest BCUT2D eigenvalue weighted by molar-refractivity contribution is 5.96. The monoisotopic (exact) mass is 403 g/mol. The first-order chi connectivity index (χ1) is 13.9. The normalized spacial score (nSPS) is 11.4. The van der Waals surface area contributed by atoms with Crippen molar-refractivity contribution >= 4 is 17.8 Å². The Labute approximate surface area is 174 Å². The molecule has 0 heterocycles. The van der Waals surface area contributed by atoms with Crippen molar-refractivity contribution in [3.8, 4) is 0 Å². The minimum atomic E-state index is -0.566. The minimum absolute atomic E-state index is 0.166. The number of nitrogens with zero attached hydrogens (tertiary/aromatic N) is 1. The van der Waals surface area contributed by atoms with Crippen molar-refractivity contribution in [2.45, 2.75) is 59.4 Å². The SMILES string of the molecule is CCNC(=NCc1ccc(C(=O)NCC(N)=O)cc1)NCCCCCCC(C)C. The first-order valence-corrected chi connectivity index (χ1v) is 10.6. The van der Waals surface area contributed by atoms with Crippen LogP contribution in [0.2, 0.25) is 0 Å². The van der Waals surface area contributed by atoms with Crippen molar-refractivity contribution in [2.75, 3.05) is 19.6 Å². The van der Waals surface area contributed by atoms with Crippen molar-refractivity contribution in [1.82, 2.24) is 16.0 Å². The summed E-state index contributed by atoms with van der Waals surface area (Å²) in [6.07, 6.45) is 6.27. The third-order valence-electron chi connectivity index (χ3n) is 4.40. The molecule has 7 heteroatoms. The maximum absolute atomic E-state index is 11.9. The van der Waals surface area contributed by atoms with Gasteiger partial charge in [-0.25, -0.2) is 4.99 Å². The van der Waals surface area contributed by atoms with Gasteiger partial charge in [0.05, 0.1) is 13.1 Å². The number of unbranched alkanes of at least 4 members (excludes halogenated alkanes) is 3. The molecule has 0 fully saturated rings. The number of guanidine groups is 1. The first-order valence-electron chi connectivity index (χ1n) is 10.6. The first kappa shape index (κ1) is 24.5. The van der Waals surface area contributed by atoms with Gasteiger partial charge in [-0.15, -0.1) is 0 Å². The summed E-state index contributed by atoms with van der Waals surface area (Å²) in [7, 11) is 0. The highest BCUT2D eigenvalue weighted by Gasteiger charge is 2.06. The summed E-state index contributed by atoms with van der Waals surface area (Å²) in [5.41, 5.74) is 6.52. The fourth-order valence-electron chi connectivity index (χ4n) is 2.78. The van der Waals surface area contributed by atoms with Crippen LogP contribution in [0.5, 0.6) is 0 Å². The molecule has 0 aliphatic heterocycles. The second kappa shape index (κ2) is 14.4. The predicted octanol–water partition coefficient (Wildman–Crippen LogP) is 2.56. The summed E-state index contributed by atoms with van der Waals surface area (Å²) >= 11 is 0. The van der Waals surface area contributed by atoms with E-state index in [1.54, 1.807) is 12.1 Å². The van der Waals surface area contributed by atoms with Gasteiger partial charge in [0.25, 0.3) is 5.91 Å². The number of primary amides is 1. The molecule has 0 bridgehead atoms. The van der Waals surface area contributed by atoms with Crippen molar-refractivity contribution in [3.05, 3.63) is 35.4 Å². The summed E-state index contributed by atoms with van der Waals surface area (Å²) < 4.78 is 0. The molecule has 0 atom stereocenters. The number of carbonyl (C=O) groups excluding carboxylic acids is 2. The fourth-order valence-corrected chi connectivity index (χ4v) is 2.78. The van der Waals surface area contributed by atoms with E-state index < -0.39 is 5.91 Å². The largest absolute Gasteiger partial charge is 0.368 e. The van der Waals surface area contributed by atoms with Gasteiger partial charge in [0, 0.05) is 18.7 Å². The molecule has 0 unspecified atom stereocenters. The molecule has 0 aliphatic rings. The number of carbonyl (C=O) groups is 2. The highest BCUT2D eigenvalue weighted by atomic mass is 16.2. The summed E-state index contributed by atoms with van der Waals surface area (Å²) in [4.78, 5) is 27.2. The van der Waals surface area contributed by atoms with Crippen molar-refractivity contribution in [3.63, 3.8) is 0 Å². The average Bonchev–Trinajstić information content (AvgIpc) is 2.69. The van der Waals surface area contributed by atoms with Crippen LogP contribution in [0.25, 0.3) is 0 Å². The van der Waals surface area contributed by atoms with E-state index in [0.717, 1.165) is 37.0 Å². The summed E-state index contributed by atoms with van der Waals surface area (Å²) in [5, 5.41) is 9.11. The zero-order valence-electron chi connectivity index (χ0n) is 18.1. The van der Waals surface area contributed by atoms with Crippen LogP contribution >= 0.6 is 0 Å². The number of nitrogens with one attached hydrogen (secondary N) is 3. The lowest BCUT2D eigenvalue weighted by atomic mass is 10.0. The molecule has 0 saturated carbocycles. The fraction of sp³-hybridized carbons (Fsp3) is 0.591. The molecule has 1 aromatic rings. The van der Waals surface area contributed by atoms with E-state index in [4.69, 9.17) is 5.73 Å². The van der Waals surface area contributed by atoms with Crippen LogP contribution in [0, 0.1) is 5.92 Å². The molecule has 2 amide bonds. The number of nitrogens with two attached hydrogens (primary N) is 1. The number of amides is 2. The smallest absolute Gasteiger partial charge is 0.251 e. The van der Waals surface area contributed by atoms with E-state index >= 15 is 0 Å². The number of rotatable bonds is 13. The number of hydrogen-bond acceptors (Lipinski definition) is 3. The Kier molecular flexibility index (Phi) is 12.2. The Bertz CT molecular complexity index is 641. The van der Waals surface area contributed by atoms with Gasteiger partial charge in [0.2, 0.25) is 5.91 Å². The quantitative estimate of drug-likeness (QED) is 0.231. The van der Waals surface area contributed by atoms with Crippen LogP contribution in [0.4, 0.5) is 0 Å². The molecule has 0 radical (unpaired) electrons. The third-order valence-corrected chi connectivity index (χ3v) is 4.40. The molecule has 5 N–H and O–H groups in total. The molecule has 7 nitrogen and oxygen atoms in total. The van der Waals surface area contributed by atoms with Crippen LogP contribution in [0.15, 0.2) is 29.3 Å². The summed E-state index contributed by atoms with van der Waals surface area (Å²) in [6, 6.07) is 7.17. The summed E-state index contributed by atoms with van der Waals surface area (Å²) in [5.74, 6) is 0.711. The average molecular weight is 404 g/mol. The Morgan fingerprint density at radius 2 is 1.69 bits per heavy atom.